The summed E-state index contributed by atoms with van der Waals surface area (Å²) in [5.74, 6) is -1.10. The molecular formula is C12H15NO3. The number of carbonyl (C=O) groups excluding carboxylic acids is 1. The highest BCUT2D eigenvalue weighted by atomic mass is 16.4. The third-order valence-corrected chi connectivity index (χ3v) is 2.39. The van der Waals surface area contributed by atoms with Crippen LogP contribution in [0.3, 0.4) is 0 Å². The summed E-state index contributed by atoms with van der Waals surface area (Å²) in [5.41, 5.74) is 5.64. The highest BCUT2D eigenvalue weighted by Crippen LogP contribution is 2.13. The minimum absolute atomic E-state index is 0.0455. The quantitative estimate of drug-likeness (QED) is 0.749. The minimum Gasteiger partial charge on any atom is -0.480 e. The van der Waals surface area contributed by atoms with Crippen molar-refractivity contribution < 1.29 is 14.7 Å². The van der Waals surface area contributed by atoms with Crippen molar-refractivity contribution in [2.24, 2.45) is 5.73 Å². The summed E-state index contributed by atoms with van der Waals surface area (Å²) >= 11 is 0. The Labute approximate surface area is 94.1 Å². The highest BCUT2D eigenvalue weighted by molar-refractivity contribution is 5.94. The lowest BCUT2D eigenvalue weighted by atomic mass is 9.93. The first-order valence-corrected chi connectivity index (χ1v) is 4.95. The zero-order chi connectivity index (χ0) is 12.3. The summed E-state index contributed by atoms with van der Waals surface area (Å²) in [7, 11) is 0. The molecule has 0 amide bonds. The van der Waals surface area contributed by atoms with Gasteiger partial charge in [0.15, 0.2) is 5.78 Å². The predicted molar refractivity (Wildman–Crippen MR) is 60.4 cm³/mol. The Hall–Kier alpha value is -1.68. The molecule has 0 bridgehead atoms. The molecule has 0 aliphatic carbocycles. The second kappa shape index (κ2) is 4.45. The first kappa shape index (κ1) is 12.4. The topological polar surface area (TPSA) is 80.4 Å². The molecule has 1 atom stereocenters. The molecule has 0 saturated carbocycles. The van der Waals surface area contributed by atoms with E-state index in [1.165, 1.54) is 13.8 Å². The van der Waals surface area contributed by atoms with Crippen molar-refractivity contribution in [3.05, 3.63) is 35.4 Å². The maximum atomic E-state index is 11.1. The van der Waals surface area contributed by atoms with Crippen LogP contribution in [0.15, 0.2) is 24.3 Å². The van der Waals surface area contributed by atoms with Gasteiger partial charge in [-0.3, -0.25) is 9.59 Å². The average Bonchev–Trinajstić information content (AvgIpc) is 2.17. The molecule has 3 N–H and O–H groups in total. The van der Waals surface area contributed by atoms with Crippen LogP contribution < -0.4 is 5.73 Å². The van der Waals surface area contributed by atoms with Crippen molar-refractivity contribution in [3.63, 3.8) is 0 Å². The molecule has 0 radical (unpaired) electrons. The van der Waals surface area contributed by atoms with Crippen LogP contribution in [-0.2, 0) is 11.2 Å². The first-order chi connectivity index (χ1) is 7.33. The van der Waals surface area contributed by atoms with Crippen LogP contribution in [0.5, 0.6) is 0 Å². The number of carboxylic acid groups (broad SMARTS) is 1. The summed E-state index contributed by atoms with van der Waals surface area (Å²) < 4.78 is 0. The van der Waals surface area contributed by atoms with Crippen LogP contribution in [0.4, 0.5) is 0 Å². The summed E-state index contributed by atoms with van der Waals surface area (Å²) in [6, 6.07) is 6.86. The molecule has 16 heavy (non-hydrogen) atoms. The second-order valence-electron chi connectivity index (χ2n) is 4.16. The van der Waals surface area contributed by atoms with Gasteiger partial charge < -0.3 is 10.8 Å². The van der Waals surface area contributed by atoms with Crippen molar-refractivity contribution in [1.82, 2.24) is 0 Å². The highest BCUT2D eigenvalue weighted by Gasteiger charge is 2.28. The van der Waals surface area contributed by atoms with Crippen LogP contribution in [-0.4, -0.2) is 22.4 Å². The molecule has 86 valence electrons. The fourth-order valence-electron chi connectivity index (χ4n) is 1.40. The predicted octanol–water partition coefficient (Wildman–Crippen LogP) is 1.23. The monoisotopic (exact) mass is 221 g/mol. The number of Topliss-reactive ketones (excluding diaryl/α,β-unsaturated/α-hetero) is 1. The molecule has 0 aliphatic rings. The number of hydrogen-bond donors (Lipinski definition) is 2. The zero-order valence-electron chi connectivity index (χ0n) is 9.36. The van der Waals surface area contributed by atoms with E-state index in [1.807, 2.05) is 0 Å². The lowest BCUT2D eigenvalue weighted by Gasteiger charge is -2.19. The molecule has 4 nitrogen and oxygen atoms in total. The second-order valence-corrected chi connectivity index (χ2v) is 4.16. The van der Waals surface area contributed by atoms with E-state index in [1.54, 1.807) is 24.3 Å². The van der Waals surface area contributed by atoms with Gasteiger partial charge >= 0.3 is 5.97 Å². The van der Waals surface area contributed by atoms with Gasteiger partial charge in [0.05, 0.1) is 0 Å². The Morgan fingerprint density at radius 2 is 2.06 bits per heavy atom. The SMILES string of the molecule is CC(=O)c1cccc(CC(C)(N)C(=O)O)c1. The number of carbonyl (C=O) groups is 2. The van der Waals surface area contributed by atoms with Gasteiger partial charge in [-0.1, -0.05) is 18.2 Å². The fraction of sp³-hybridized carbons (Fsp3) is 0.333. The van der Waals surface area contributed by atoms with Gasteiger partial charge in [0.2, 0.25) is 0 Å². The van der Waals surface area contributed by atoms with E-state index >= 15 is 0 Å². The van der Waals surface area contributed by atoms with Gasteiger partial charge in [0.25, 0.3) is 0 Å². The van der Waals surface area contributed by atoms with Crippen LogP contribution in [0.25, 0.3) is 0 Å². The van der Waals surface area contributed by atoms with E-state index in [2.05, 4.69) is 0 Å². The van der Waals surface area contributed by atoms with E-state index in [0.29, 0.717) is 5.56 Å². The maximum Gasteiger partial charge on any atom is 0.323 e. The maximum absolute atomic E-state index is 11.1. The molecule has 1 aromatic carbocycles. The fourth-order valence-corrected chi connectivity index (χ4v) is 1.40. The molecule has 0 fully saturated rings. The number of rotatable bonds is 4. The number of aliphatic carboxylic acids is 1. The third-order valence-electron chi connectivity index (χ3n) is 2.39. The van der Waals surface area contributed by atoms with Crippen molar-refractivity contribution >= 4 is 11.8 Å². The normalized spacial score (nSPS) is 14.2. The molecule has 0 aromatic heterocycles. The summed E-state index contributed by atoms with van der Waals surface area (Å²) in [6.45, 7) is 2.92. The third kappa shape index (κ3) is 2.90. The smallest absolute Gasteiger partial charge is 0.323 e. The number of benzene rings is 1. The lowest BCUT2D eigenvalue weighted by molar-refractivity contribution is -0.142. The number of hydrogen-bond acceptors (Lipinski definition) is 3. The number of ketones is 1. The first-order valence-electron chi connectivity index (χ1n) is 4.95. The van der Waals surface area contributed by atoms with Crippen molar-refractivity contribution in [2.75, 3.05) is 0 Å². The summed E-state index contributed by atoms with van der Waals surface area (Å²) in [6.07, 6.45) is 0.198. The van der Waals surface area contributed by atoms with Crippen molar-refractivity contribution in [1.29, 1.82) is 0 Å². The molecule has 0 spiro atoms. The van der Waals surface area contributed by atoms with E-state index in [9.17, 15) is 9.59 Å². The van der Waals surface area contributed by atoms with Crippen LogP contribution in [0.2, 0.25) is 0 Å². The lowest BCUT2D eigenvalue weighted by Crippen LogP contribution is -2.46. The Balaban J connectivity index is 2.94. The van der Waals surface area contributed by atoms with Gasteiger partial charge in [-0.15, -0.1) is 0 Å². The average molecular weight is 221 g/mol. The molecule has 0 saturated heterocycles. The van der Waals surface area contributed by atoms with Crippen molar-refractivity contribution in [3.8, 4) is 0 Å². The van der Waals surface area contributed by atoms with E-state index < -0.39 is 11.5 Å². The van der Waals surface area contributed by atoms with E-state index in [-0.39, 0.29) is 12.2 Å². The zero-order valence-corrected chi connectivity index (χ0v) is 9.36. The van der Waals surface area contributed by atoms with Gasteiger partial charge in [-0.2, -0.15) is 0 Å². The van der Waals surface area contributed by atoms with Crippen LogP contribution >= 0.6 is 0 Å². The van der Waals surface area contributed by atoms with Gasteiger partial charge in [-0.05, 0) is 25.5 Å². The summed E-state index contributed by atoms with van der Waals surface area (Å²) in [4.78, 5) is 22.0. The molecule has 0 aliphatic heterocycles. The van der Waals surface area contributed by atoms with Gasteiger partial charge in [0, 0.05) is 12.0 Å². The Morgan fingerprint density at radius 1 is 1.44 bits per heavy atom. The van der Waals surface area contributed by atoms with Crippen LogP contribution in [0, 0.1) is 0 Å². The molecule has 1 aromatic rings. The number of nitrogens with two attached hydrogens (primary N) is 1. The minimum atomic E-state index is -1.31. The van der Waals surface area contributed by atoms with Gasteiger partial charge in [0.1, 0.15) is 5.54 Å². The largest absolute Gasteiger partial charge is 0.480 e. The van der Waals surface area contributed by atoms with Crippen LogP contribution in [0.1, 0.15) is 29.8 Å². The van der Waals surface area contributed by atoms with Gasteiger partial charge in [-0.25, -0.2) is 0 Å². The molecule has 1 rings (SSSR count). The van der Waals surface area contributed by atoms with Crippen molar-refractivity contribution in [2.45, 2.75) is 25.8 Å². The standard InChI is InChI=1S/C12H15NO3/c1-8(14)10-5-3-4-9(6-10)7-12(2,13)11(15)16/h3-6H,7,13H2,1-2H3,(H,15,16). The van der Waals surface area contributed by atoms with E-state index in [4.69, 9.17) is 10.8 Å². The summed E-state index contributed by atoms with van der Waals surface area (Å²) in [5, 5.41) is 8.89. The molecule has 1 unspecified atom stereocenters. The molecular weight excluding hydrogens is 206 g/mol. The molecule has 0 heterocycles. The Morgan fingerprint density at radius 3 is 2.56 bits per heavy atom. The number of carboxylic acids is 1. The Bertz CT molecular complexity index is 424. The van der Waals surface area contributed by atoms with E-state index in [0.717, 1.165) is 5.56 Å². The molecule has 4 heteroatoms. The Kier molecular flexibility index (Phi) is 3.44.